The van der Waals surface area contributed by atoms with Gasteiger partial charge in [0.25, 0.3) is 5.91 Å². The number of halogens is 4. The van der Waals surface area contributed by atoms with E-state index in [1.165, 1.54) is 0 Å². The van der Waals surface area contributed by atoms with Gasteiger partial charge in [0.2, 0.25) is 0 Å². The number of nitrogens with one attached hydrogen (secondary N) is 1. The molecular formula is C21H23F4N3O. The van der Waals surface area contributed by atoms with Gasteiger partial charge < -0.3 is 15.1 Å². The van der Waals surface area contributed by atoms with Gasteiger partial charge >= 0.3 is 6.18 Å². The van der Waals surface area contributed by atoms with Crippen molar-refractivity contribution in [3.63, 3.8) is 0 Å². The van der Waals surface area contributed by atoms with Gasteiger partial charge in [-0.25, -0.2) is 4.39 Å². The number of carbonyl (C=O) groups is 1. The fourth-order valence-electron chi connectivity index (χ4n) is 3.39. The average molecular weight is 409 g/mol. The Morgan fingerprint density at radius 3 is 2.34 bits per heavy atom. The maximum absolute atomic E-state index is 13.4. The number of aryl methyl sites for hydroxylation is 1. The number of benzene rings is 2. The zero-order valence-corrected chi connectivity index (χ0v) is 16.3. The number of rotatable bonds is 4. The van der Waals surface area contributed by atoms with Crippen LogP contribution in [0.2, 0.25) is 0 Å². The molecule has 0 spiro atoms. The third kappa shape index (κ3) is 4.87. The van der Waals surface area contributed by atoms with E-state index in [4.69, 9.17) is 0 Å². The minimum atomic E-state index is -4.86. The first-order chi connectivity index (χ1) is 13.7. The Morgan fingerprint density at radius 1 is 1.07 bits per heavy atom. The Hall–Kier alpha value is -2.61. The third-order valence-electron chi connectivity index (χ3n) is 5.18. The molecule has 0 atom stereocenters. The quantitative estimate of drug-likeness (QED) is 0.753. The fraction of sp³-hybridized carbons (Fsp3) is 0.381. The molecule has 156 valence electrons. The predicted molar refractivity (Wildman–Crippen MR) is 105 cm³/mol. The lowest BCUT2D eigenvalue weighted by atomic mass is 10.1. The fourth-order valence-corrected chi connectivity index (χ4v) is 3.39. The summed E-state index contributed by atoms with van der Waals surface area (Å²) in [7, 11) is 0. The van der Waals surface area contributed by atoms with Gasteiger partial charge in [0.05, 0.1) is 5.56 Å². The zero-order valence-electron chi connectivity index (χ0n) is 16.3. The lowest BCUT2D eigenvalue weighted by Crippen LogP contribution is -2.46. The van der Waals surface area contributed by atoms with Crippen LogP contribution in [0, 0.1) is 12.7 Å². The molecule has 1 saturated heterocycles. The van der Waals surface area contributed by atoms with Crippen molar-refractivity contribution in [2.45, 2.75) is 20.0 Å². The van der Waals surface area contributed by atoms with Crippen molar-refractivity contribution in [3.05, 3.63) is 58.9 Å². The maximum Gasteiger partial charge on any atom is 0.419 e. The van der Waals surface area contributed by atoms with Gasteiger partial charge in [-0.3, -0.25) is 4.79 Å². The molecule has 0 unspecified atom stereocenters. The van der Waals surface area contributed by atoms with E-state index in [9.17, 15) is 22.4 Å². The molecule has 2 aromatic carbocycles. The third-order valence-corrected chi connectivity index (χ3v) is 5.18. The number of likely N-dealkylation sites (N-methyl/N-ethyl adjacent to an activating group) is 1. The summed E-state index contributed by atoms with van der Waals surface area (Å²) in [6, 6.07) is 7.80. The number of carbonyl (C=O) groups excluding carboxylic acids is 1. The number of nitrogens with zero attached hydrogens (tertiary/aromatic N) is 2. The Morgan fingerprint density at radius 2 is 1.76 bits per heavy atom. The number of piperazine rings is 1. The second-order valence-corrected chi connectivity index (χ2v) is 7.07. The van der Waals surface area contributed by atoms with Crippen LogP contribution in [0.3, 0.4) is 0 Å². The summed E-state index contributed by atoms with van der Waals surface area (Å²) in [5, 5.41) is 2.62. The summed E-state index contributed by atoms with van der Waals surface area (Å²) in [5.41, 5.74) is 0.634. The largest absolute Gasteiger partial charge is 0.419 e. The molecule has 1 aliphatic rings. The molecule has 0 radical (unpaired) electrons. The first-order valence-electron chi connectivity index (χ1n) is 9.45. The molecule has 1 aliphatic heterocycles. The van der Waals surface area contributed by atoms with E-state index in [2.05, 4.69) is 22.0 Å². The number of hydrogen-bond acceptors (Lipinski definition) is 3. The smallest absolute Gasteiger partial charge is 0.369 e. The molecule has 1 fully saturated rings. The average Bonchev–Trinajstić information content (AvgIpc) is 2.69. The monoisotopic (exact) mass is 409 g/mol. The van der Waals surface area contributed by atoms with Gasteiger partial charge in [-0.1, -0.05) is 6.92 Å². The maximum atomic E-state index is 13.4. The first kappa shape index (κ1) is 21.1. The van der Waals surface area contributed by atoms with E-state index in [-0.39, 0.29) is 5.56 Å². The van der Waals surface area contributed by atoms with Crippen molar-refractivity contribution < 1.29 is 22.4 Å². The van der Waals surface area contributed by atoms with Crippen LogP contribution in [0.4, 0.5) is 28.9 Å². The molecule has 0 bridgehead atoms. The van der Waals surface area contributed by atoms with Crippen molar-refractivity contribution in [1.29, 1.82) is 0 Å². The van der Waals surface area contributed by atoms with E-state index in [1.807, 2.05) is 19.1 Å². The van der Waals surface area contributed by atoms with Crippen molar-refractivity contribution >= 4 is 17.3 Å². The highest BCUT2D eigenvalue weighted by Crippen LogP contribution is 2.32. The van der Waals surface area contributed by atoms with E-state index in [0.717, 1.165) is 50.0 Å². The Labute approximate surface area is 167 Å². The normalized spacial score (nSPS) is 15.4. The SMILES string of the molecule is CCN1CCN(c2ccc(NC(=O)c3ccc(F)c(C(F)(F)F)c3)c(C)c2)CC1. The summed E-state index contributed by atoms with van der Waals surface area (Å²) in [6.45, 7) is 8.78. The van der Waals surface area contributed by atoms with Crippen LogP contribution in [0.15, 0.2) is 36.4 Å². The van der Waals surface area contributed by atoms with Gasteiger partial charge in [0, 0.05) is 43.1 Å². The van der Waals surface area contributed by atoms with E-state index in [0.29, 0.717) is 17.8 Å². The van der Waals surface area contributed by atoms with Gasteiger partial charge in [-0.15, -0.1) is 0 Å². The lowest BCUT2D eigenvalue weighted by Gasteiger charge is -2.35. The van der Waals surface area contributed by atoms with Crippen LogP contribution in [0.1, 0.15) is 28.4 Å². The van der Waals surface area contributed by atoms with Gasteiger partial charge in [0.1, 0.15) is 5.82 Å². The molecule has 1 heterocycles. The molecule has 3 rings (SSSR count). The minimum Gasteiger partial charge on any atom is -0.369 e. The molecule has 1 N–H and O–H groups in total. The summed E-state index contributed by atoms with van der Waals surface area (Å²) < 4.78 is 52.0. The van der Waals surface area contributed by atoms with Crippen LogP contribution in [0.25, 0.3) is 0 Å². The highest BCUT2D eigenvalue weighted by atomic mass is 19.4. The molecule has 0 aliphatic carbocycles. The first-order valence-corrected chi connectivity index (χ1v) is 9.45. The van der Waals surface area contributed by atoms with Crippen LogP contribution in [0.5, 0.6) is 0 Å². The minimum absolute atomic E-state index is 0.252. The second kappa shape index (κ2) is 8.41. The molecule has 8 heteroatoms. The number of alkyl halides is 3. The molecule has 1 amide bonds. The second-order valence-electron chi connectivity index (χ2n) is 7.07. The van der Waals surface area contributed by atoms with Crippen molar-refractivity contribution in [1.82, 2.24) is 4.90 Å². The molecule has 0 saturated carbocycles. The standard InChI is InChI=1S/C21H23F4N3O/c1-3-27-8-10-28(11-9-27)16-5-7-19(14(2)12-16)26-20(29)15-4-6-18(22)17(13-15)21(23,24)25/h4-7,12-13H,3,8-11H2,1-2H3,(H,26,29). The van der Waals surface area contributed by atoms with Crippen LogP contribution in [-0.2, 0) is 6.18 Å². The lowest BCUT2D eigenvalue weighted by molar-refractivity contribution is -0.140. The molecular weight excluding hydrogens is 386 g/mol. The molecule has 2 aromatic rings. The summed E-state index contributed by atoms with van der Waals surface area (Å²) in [4.78, 5) is 17.0. The molecule has 0 aromatic heterocycles. The van der Waals surface area contributed by atoms with Gasteiger partial charge in [0.15, 0.2) is 0 Å². The molecule has 4 nitrogen and oxygen atoms in total. The Kier molecular flexibility index (Phi) is 6.12. The van der Waals surface area contributed by atoms with Crippen LogP contribution < -0.4 is 10.2 Å². The van der Waals surface area contributed by atoms with Gasteiger partial charge in [-0.2, -0.15) is 13.2 Å². The van der Waals surface area contributed by atoms with Gasteiger partial charge in [-0.05, 0) is 55.4 Å². The number of hydrogen-bond donors (Lipinski definition) is 1. The predicted octanol–water partition coefficient (Wildman–Crippen LogP) is 4.55. The number of amides is 1. The van der Waals surface area contributed by atoms with E-state index < -0.39 is 23.5 Å². The van der Waals surface area contributed by atoms with Crippen molar-refractivity contribution in [2.24, 2.45) is 0 Å². The van der Waals surface area contributed by atoms with Crippen molar-refractivity contribution in [2.75, 3.05) is 42.9 Å². The topological polar surface area (TPSA) is 35.6 Å². The Balaban J connectivity index is 1.73. The highest BCUT2D eigenvalue weighted by Gasteiger charge is 2.34. The zero-order chi connectivity index (χ0) is 21.2. The molecule has 29 heavy (non-hydrogen) atoms. The van der Waals surface area contributed by atoms with Crippen molar-refractivity contribution in [3.8, 4) is 0 Å². The van der Waals surface area contributed by atoms with Crippen LogP contribution >= 0.6 is 0 Å². The highest BCUT2D eigenvalue weighted by molar-refractivity contribution is 6.04. The van der Waals surface area contributed by atoms with Crippen LogP contribution in [-0.4, -0.2) is 43.5 Å². The summed E-state index contributed by atoms with van der Waals surface area (Å²) in [6.07, 6.45) is -4.86. The summed E-state index contributed by atoms with van der Waals surface area (Å²) >= 11 is 0. The van der Waals surface area contributed by atoms with E-state index in [1.54, 1.807) is 6.07 Å². The van der Waals surface area contributed by atoms with E-state index >= 15 is 0 Å². The number of anilines is 2. The summed E-state index contributed by atoms with van der Waals surface area (Å²) in [5.74, 6) is -2.12. The Bertz CT molecular complexity index is 890.